The van der Waals surface area contributed by atoms with Crippen LogP contribution in [0.4, 0.5) is 10.3 Å². The normalized spacial score (nSPS) is 11.7. The van der Waals surface area contributed by atoms with Gasteiger partial charge in [-0.1, -0.05) is 12.1 Å². The Bertz CT molecular complexity index is 902. The van der Waals surface area contributed by atoms with Gasteiger partial charge in [-0.2, -0.15) is 0 Å². The first-order valence-electron chi connectivity index (χ1n) is 8.14. The van der Waals surface area contributed by atoms with E-state index < -0.39 is 6.04 Å². The molecule has 0 fully saturated rings. The number of aryl methyl sites for hydroxylation is 1. The molecule has 0 saturated heterocycles. The van der Waals surface area contributed by atoms with Gasteiger partial charge in [0.2, 0.25) is 5.95 Å². The minimum absolute atomic E-state index is 0.347. The van der Waals surface area contributed by atoms with Crippen molar-refractivity contribution in [2.24, 2.45) is 0 Å². The number of nitrogens with zero attached hydrogens (tertiary/aromatic N) is 2. The van der Waals surface area contributed by atoms with Crippen molar-refractivity contribution in [3.05, 3.63) is 77.4 Å². The number of rotatable bonds is 6. The Morgan fingerprint density at radius 2 is 1.88 bits per heavy atom. The number of aromatic nitrogens is 2. The zero-order chi connectivity index (χ0) is 18.5. The molecule has 1 unspecified atom stereocenters. The molecule has 0 amide bonds. The summed E-state index contributed by atoms with van der Waals surface area (Å²) in [6.07, 6.45) is 1.68. The topological polar surface area (TPSA) is 56.3 Å². The molecule has 0 radical (unpaired) electrons. The van der Waals surface area contributed by atoms with Gasteiger partial charge in [0.15, 0.2) is 0 Å². The van der Waals surface area contributed by atoms with Gasteiger partial charge < -0.3 is 14.8 Å². The summed E-state index contributed by atoms with van der Waals surface area (Å²) in [7, 11) is 3.16. The molecule has 1 heterocycles. The van der Waals surface area contributed by atoms with Crippen LogP contribution in [0.2, 0.25) is 0 Å². The Labute approximate surface area is 151 Å². The fourth-order valence-electron chi connectivity index (χ4n) is 2.74. The van der Waals surface area contributed by atoms with E-state index in [4.69, 9.17) is 9.47 Å². The maximum Gasteiger partial charge on any atom is 0.223 e. The molecular weight excluding hydrogens is 333 g/mol. The molecule has 0 spiro atoms. The molecule has 0 bridgehead atoms. The van der Waals surface area contributed by atoms with Gasteiger partial charge in [0.1, 0.15) is 17.3 Å². The summed E-state index contributed by atoms with van der Waals surface area (Å²) in [5.74, 6) is 1.37. The second-order valence-electron chi connectivity index (χ2n) is 5.76. The van der Waals surface area contributed by atoms with Gasteiger partial charge in [-0.15, -0.1) is 0 Å². The number of hydrogen-bond donors (Lipinski definition) is 1. The van der Waals surface area contributed by atoms with E-state index in [1.54, 1.807) is 26.5 Å². The van der Waals surface area contributed by atoms with Crippen molar-refractivity contribution in [1.29, 1.82) is 0 Å². The summed E-state index contributed by atoms with van der Waals surface area (Å²) in [4.78, 5) is 8.66. The molecule has 134 valence electrons. The second-order valence-corrected chi connectivity index (χ2v) is 5.76. The first-order valence-corrected chi connectivity index (χ1v) is 8.14. The summed E-state index contributed by atoms with van der Waals surface area (Å²) in [6.45, 7) is 1.89. The molecule has 0 aliphatic heterocycles. The van der Waals surface area contributed by atoms with Gasteiger partial charge >= 0.3 is 0 Å². The Kier molecular flexibility index (Phi) is 5.31. The van der Waals surface area contributed by atoms with E-state index in [2.05, 4.69) is 15.3 Å². The van der Waals surface area contributed by atoms with Crippen LogP contribution in [0.3, 0.4) is 0 Å². The van der Waals surface area contributed by atoms with Crippen LogP contribution >= 0.6 is 0 Å². The molecule has 1 N–H and O–H groups in total. The molecular formula is C20H20FN3O2. The smallest absolute Gasteiger partial charge is 0.223 e. The van der Waals surface area contributed by atoms with Crippen molar-refractivity contribution in [3.63, 3.8) is 0 Å². The third-order valence-corrected chi connectivity index (χ3v) is 4.00. The van der Waals surface area contributed by atoms with Crippen molar-refractivity contribution >= 4 is 5.95 Å². The summed E-state index contributed by atoms with van der Waals surface area (Å²) >= 11 is 0. The lowest BCUT2D eigenvalue weighted by Gasteiger charge is -2.22. The zero-order valence-electron chi connectivity index (χ0n) is 14.9. The van der Waals surface area contributed by atoms with E-state index in [1.807, 2.05) is 37.3 Å². The molecule has 1 atom stereocenters. The number of nitrogens with one attached hydrogen (secondary N) is 1. The maximum absolute atomic E-state index is 14.0. The molecule has 1 aromatic heterocycles. The van der Waals surface area contributed by atoms with E-state index in [0.29, 0.717) is 23.0 Å². The molecule has 5 nitrogen and oxygen atoms in total. The van der Waals surface area contributed by atoms with E-state index in [1.165, 1.54) is 12.1 Å². The average molecular weight is 353 g/mol. The van der Waals surface area contributed by atoms with Gasteiger partial charge in [0.05, 0.1) is 20.3 Å². The number of methoxy groups -OCH3 is 2. The Morgan fingerprint density at radius 3 is 2.62 bits per heavy atom. The third-order valence-electron chi connectivity index (χ3n) is 4.00. The van der Waals surface area contributed by atoms with Crippen LogP contribution in [-0.2, 0) is 0 Å². The van der Waals surface area contributed by atoms with E-state index in [9.17, 15) is 4.39 Å². The van der Waals surface area contributed by atoms with Gasteiger partial charge in [-0.05, 0) is 48.9 Å². The van der Waals surface area contributed by atoms with Crippen molar-refractivity contribution in [2.45, 2.75) is 13.0 Å². The minimum Gasteiger partial charge on any atom is -0.497 e. The van der Waals surface area contributed by atoms with Gasteiger partial charge in [-0.3, -0.25) is 0 Å². The number of halogens is 1. The van der Waals surface area contributed by atoms with Crippen molar-refractivity contribution in [2.75, 3.05) is 19.5 Å². The highest BCUT2D eigenvalue weighted by atomic mass is 19.1. The maximum atomic E-state index is 14.0. The first-order chi connectivity index (χ1) is 12.6. The lowest BCUT2D eigenvalue weighted by molar-refractivity contribution is 0.406. The summed E-state index contributed by atoms with van der Waals surface area (Å²) < 4.78 is 24.7. The van der Waals surface area contributed by atoms with Crippen molar-refractivity contribution < 1.29 is 13.9 Å². The lowest BCUT2D eigenvalue weighted by Crippen LogP contribution is -2.16. The first kappa shape index (κ1) is 17.7. The highest BCUT2D eigenvalue weighted by Crippen LogP contribution is 2.34. The largest absolute Gasteiger partial charge is 0.497 e. The number of benzene rings is 2. The van der Waals surface area contributed by atoms with Gasteiger partial charge in [0, 0.05) is 17.5 Å². The van der Waals surface area contributed by atoms with E-state index >= 15 is 0 Å². The third kappa shape index (κ3) is 3.91. The van der Waals surface area contributed by atoms with Crippen LogP contribution in [-0.4, -0.2) is 24.2 Å². The minimum atomic E-state index is -0.419. The molecule has 0 saturated carbocycles. The fourth-order valence-corrected chi connectivity index (χ4v) is 2.74. The number of anilines is 1. The molecule has 2 aromatic carbocycles. The van der Waals surface area contributed by atoms with E-state index in [-0.39, 0.29) is 5.82 Å². The van der Waals surface area contributed by atoms with Crippen molar-refractivity contribution in [3.8, 4) is 11.5 Å². The van der Waals surface area contributed by atoms with Crippen LogP contribution in [0.15, 0.2) is 54.7 Å². The molecule has 3 rings (SSSR count). The summed E-state index contributed by atoms with van der Waals surface area (Å²) in [5, 5.41) is 3.28. The van der Waals surface area contributed by atoms with Crippen LogP contribution in [0, 0.1) is 12.7 Å². The average Bonchev–Trinajstić information content (AvgIpc) is 2.66. The Morgan fingerprint density at radius 1 is 1.04 bits per heavy atom. The fraction of sp³-hybridized carbons (Fsp3) is 0.200. The van der Waals surface area contributed by atoms with Crippen LogP contribution in [0.1, 0.15) is 22.9 Å². The second kappa shape index (κ2) is 7.82. The standard InChI is InChI=1S/C20H20FN3O2/c1-13-9-10-22-20(23-13)24-19(14-5-4-6-16(11-14)25-2)17-12-15(21)7-8-18(17)26-3/h4-12,19H,1-3H3,(H,22,23,24). The zero-order valence-corrected chi connectivity index (χ0v) is 14.9. The van der Waals surface area contributed by atoms with Crippen LogP contribution < -0.4 is 14.8 Å². The SMILES string of the molecule is COc1cccc(C(Nc2nccc(C)n2)c2cc(F)ccc2OC)c1. The predicted octanol–water partition coefficient (Wildman–Crippen LogP) is 4.14. The summed E-state index contributed by atoms with van der Waals surface area (Å²) in [5.41, 5.74) is 2.35. The Balaban J connectivity index is 2.11. The Hall–Kier alpha value is -3.15. The lowest BCUT2D eigenvalue weighted by atomic mass is 9.97. The quantitative estimate of drug-likeness (QED) is 0.722. The molecule has 0 aliphatic rings. The summed E-state index contributed by atoms with van der Waals surface area (Å²) in [6, 6.07) is 13.4. The highest BCUT2D eigenvalue weighted by Gasteiger charge is 2.21. The predicted molar refractivity (Wildman–Crippen MR) is 98.2 cm³/mol. The van der Waals surface area contributed by atoms with Crippen molar-refractivity contribution in [1.82, 2.24) is 9.97 Å². The van der Waals surface area contributed by atoms with Gasteiger partial charge in [0.25, 0.3) is 0 Å². The van der Waals surface area contributed by atoms with Gasteiger partial charge in [-0.25, -0.2) is 14.4 Å². The van der Waals surface area contributed by atoms with Crippen LogP contribution in [0.5, 0.6) is 11.5 Å². The van der Waals surface area contributed by atoms with Crippen LogP contribution in [0.25, 0.3) is 0 Å². The number of hydrogen-bond acceptors (Lipinski definition) is 5. The molecule has 3 aromatic rings. The monoisotopic (exact) mass is 353 g/mol. The number of ether oxygens (including phenoxy) is 2. The van der Waals surface area contributed by atoms with E-state index in [0.717, 1.165) is 11.3 Å². The molecule has 6 heteroatoms. The highest BCUT2D eigenvalue weighted by molar-refractivity contribution is 5.48. The molecule has 0 aliphatic carbocycles. The molecule has 26 heavy (non-hydrogen) atoms.